The van der Waals surface area contributed by atoms with Crippen molar-refractivity contribution in [2.45, 2.75) is 25.6 Å². The van der Waals surface area contributed by atoms with Gasteiger partial charge in [-0.25, -0.2) is 8.78 Å². The van der Waals surface area contributed by atoms with Crippen LogP contribution in [0.25, 0.3) is 0 Å². The van der Waals surface area contributed by atoms with Crippen LogP contribution >= 0.6 is 0 Å². The fourth-order valence-electron chi connectivity index (χ4n) is 3.16. The first-order valence-electron chi connectivity index (χ1n) is 8.19. The van der Waals surface area contributed by atoms with E-state index in [2.05, 4.69) is 0 Å². The van der Waals surface area contributed by atoms with Crippen molar-refractivity contribution in [3.63, 3.8) is 0 Å². The monoisotopic (exact) mass is 354 g/mol. The van der Waals surface area contributed by atoms with E-state index in [1.54, 1.807) is 4.90 Å². The molecule has 0 saturated carbocycles. The van der Waals surface area contributed by atoms with Crippen LogP contribution in [0.4, 0.5) is 14.5 Å². The third-order valence-corrected chi connectivity index (χ3v) is 4.58. The van der Waals surface area contributed by atoms with Crippen molar-refractivity contribution in [3.05, 3.63) is 29.8 Å². The van der Waals surface area contributed by atoms with Gasteiger partial charge in [0, 0.05) is 44.6 Å². The van der Waals surface area contributed by atoms with Crippen LogP contribution in [0.1, 0.15) is 19.8 Å². The molecule has 8 heteroatoms. The molecule has 25 heavy (non-hydrogen) atoms. The highest BCUT2D eigenvalue weighted by Crippen LogP contribution is 2.31. The van der Waals surface area contributed by atoms with Crippen molar-refractivity contribution >= 4 is 17.5 Å². The predicted octanol–water partition coefficient (Wildman–Crippen LogP) is 1.68. The lowest BCUT2D eigenvalue weighted by molar-refractivity contribution is -0.187. The molecule has 1 aromatic rings. The number of carbonyl (C=O) groups excluding carboxylic acids is 2. The minimum absolute atomic E-state index is 0.149. The summed E-state index contributed by atoms with van der Waals surface area (Å²) in [7, 11) is 0. The van der Waals surface area contributed by atoms with Crippen molar-refractivity contribution in [1.82, 2.24) is 4.90 Å². The fraction of sp³-hybridized carbons (Fsp3) is 0.529. The zero-order valence-corrected chi connectivity index (χ0v) is 14.0. The number of hydrogen-bond donors (Lipinski definition) is 0. The van der Waals surface area contributed by atoms with Gasteiger partial charge in [0.25, 0.3) is 0 Å². The molecule has 0 aromatic heterocycles. The van der Waals surface area contributed by atoms with Crippen molar-refractivity contribution in [3.8, 4) is 0 Å². The Hall–Kier alpha value is -2.06. The summed E-state index contributed by atoms with van der Waals surface area (Å²) in [4.78, 5) is 27.2. The van der Waals surface area contributed by atoms with Gasteiger partial charge in [0.15, 0.2) is 17.4 Å². The molecule has 3 rings (SSSR count). The summed E-state index contributed by atoms with van der Waals surface area (Å²) in [5, 5.41) is 0. The van der Waals surface area contributed by atoms with Crippen molar-refractivity contribution in [1.29, 1.82) is 0 Å². The van der Waals surface area contributed by atoms with Gasteiger partial charge in [-0.05, 0) is 12.1 Å². The van der Waals surface area contributed by atoms with Crippen LogP contribution in [-0.4, -0.2) is 55.3 Å². The molecule has 1 aromatic carbocycles. The van der Waals surface area contributed by atoms with Gasteiger partial charge in [-0.2, -0.15) is 0 Å². The van der Waals surface area contributed by atoms with Gasteiger partial charge >= 0.3 is 0 Å². The molecule has 2 saturated heterocycles. The molecule has 0 radical (unpaired) electrons. The number of hydrogen-bond acceptors (Lipinski definition) is 4. The molecule has 2 fully saturated rings. The molecule has 2 aliphatic heterocycles. The quantitative estimate of drug-likeness (QED) is 0.829. The summed E-state index contributed by atoms with van der Waals surface area (Å²) in [5.74, 6) is -3.33. The molecule has 1 spiro atoms. The highest BCUT2D eigenvalue weighted by Gasteiger charge is 2.40. The van der Waals surface area contributed by atoms with Crippen molar-refractivity contribution in [2.24, 2.45) is 0 Å². The molecule has 0 unspecified atom stereocenters. The Morgan fingerprint density at radius 1 is 1.16 bits per heavy atom. The Morgan fingerprint density at radius 3 is 2.36 bits per heavy atom. The first-order valence-corrected chi connectivity index (χ1v) is 8.19. The van der Waals surface area contributed by atoms with Crippen molar-refractivity contribution in [2.75, 3.05) is 37.7 Å². The molecule has 2 amide bonds. The average molecular weight is 354 g/mol. The number of nitrogens with zero attached hydrogens (tertiary/aromatic N) is 2. The van der Waals surface area contributed by atoms with E-state index in [9.17, 15) is 18.4 Å². The summed E-state index contributed by atoms with van der Waals surface area (Å²) < 4.78 is 37.8. The fourth-order valence-corrected chi connectivity index (χ4v) is 3.16. The van der Waals surface area contributed by atoms with Crippen molar-refractivity contribution < 1.29 is 27.8 Å². The number of piperidine rings is 1. The number of ether oxygens (including phenoxy) is 2. The molecule has 0 N–H and O–H groups in total. The normalized spacial score (nSPS) is 19.2. The zero-order valence-electron chi connectivity index (χ0n) is 14.0. The average Bonchev–Trinajstić information content (AvgIpc) is 3.03. The Labute approximate surface area is 144 Å². The molecule has 136 valence electrons. The van der Waals surface area contributed by atoms with E-state index < -0.39 is 23.3 Å². The molecule has 2 aliphatic rings. The Kier molecular flexibility index (Phi) is 5.01. The summed E-state index contributed by atoms with van der Waals surface area (Å²) in [6.07, 6.45) is 1.15. The second-order valence-electron chi connectivity index (χ2n) is 6.19. The number of amides is 2. The lowest BCUT2D eigenvalue weighted by atomic mass is 10.0. The number of halogens is 2. The van der Waals surface area contributed by atoms with Gasteiger partial charge in [-0.1, -0.05) is 0 Å². The molecule has 0 aliphatic carbocycles. The number of likely N-dealkylation sites (tertiary alicyclic amines) is 1. The maximum atomic E-state index is 13.4. The lowest BCUT2D eigenvalue weighted by Crippen LogP contribution is -2.50. The van der Waals surface area contributed by atoms with E-state index in [0.29, 0.717) is 39.1 Å². The van der Waals surface area contributed by atoms with E-state index in [-0.39, 0.29) is 18.1 Å². The summed E-state index contributed by atoms with van der Waals surface area (Å²) in [5.41, 5.74) is 0.149. The molecule has 2 heterocycles. The Balaban J connectivity index is 1.65. The van der Waals surface area contributed by atoms with E-state index in [4.69, 9.17) is 9.47 Å². The van der Waals surface area contributed by atoms with Crippen LogP contribution in [-0.2, 0) is 19.1 Å². The molecular weight excluding hydrogens is 334 g/mol. The first kappa shape index (κ1) is 17.8. The minimum Gasteiger partial charge on any atom is -0.347 e. The first-order chi connectivity index (χ1) is 11.9. The van der Waals surface area contributed by atoms with Gasteiger partial charge in [-0.3, -0.25) is 9.59 Å². The van der Waals surface area contributed by atoms with Crippen LogP contribution in [0.15, 0.2) is 18.2 Å². The van der Waals surface area contributed by atoms with Gasteiger partial charge < -0.3 is 19.3 Å². The number of anilines is 1. The van der Waals surface area contributed by atoms with Crippen LogP contribution in [0.3, 0.4) is 0 Å². The summed E-state index contributed by atoms with van der Waals surface area (Å²) in [6, 6.07) is 3.12. The van der Waals surface area contributed by atoms with Crippen LogP contribution < -0.4 is 4.90 Å². The second-order valence-corrected chi connectivity index (χ2v) is 6.19. The standard InChI is InChI=1S/C17H20F2N2O4/c1-12(22)21(13-2-3-14(18)15(19)10-13)11-16(23)20-6-4-17(5-7-20)24-8-9-25-17/h2-3,10H,4-9,11H2,1H3. The Morgan fingerprint density at radius 2 is 1.80 bits per heavy atom. The highest BCUT2D eigenvalue weighted by molar-refractivity contribution is 5.97. The third-order valence-electron chi connectivity index (χ3n) is 4.58. The van der Waals surface area contributed by atoms with Gasteiger partial charge in [0.1, 0.15) is 6.54 Å². The molecule has 0 atom stereocenters. The SMILES string of the molecule is CC(=O)N(CC(=O)N1CCC2(CC1)OCCO2)c1ccc(F)c(F)c1. The topological polar surface area (TPSA) is 59.1 Å². The van der Waals surface area contributed by atoms with E-state index in [1.165, 1.54) is 13.0 Å². The van der Waals surface area contributed by atoms with Gasteiger partial charge in [0.05, 0.1) is 13.2 Å². The third kappa shape index (κ3) is 3.80. The second kappa shape index (κ2) is 7.05. The summed E-state index contributed by atoms with van der Waals surface area (Å²) in [6.45, 7) is 3.09. The molecule has 0 bridgehead atoms. The highest BCUT2D eigenvalue weighted by atomic mass is 19.2. The van der Waals surface area contributed by atoms with E-state index >= 15 is 0 Å². The predicted molar refractivity (Wildman–Crippen MR) is 84.8 cm³/mol. The van der Waals surface area contributed by atoms with Crippen LogP contribution in [0, 0.1) is 11.6 Å². The van der Waals surface area contributed by atoms with Gasteiger partial charge in [-0.15, -0.1) is 0 Å². The number of benzene rings is 1. The minimum atomic E-state index is -1.06. The maximum Gasteiger partial charge on any atom is 0.242 e. The largest absolute Gasteiger partial charge is 0.347 e. The number of rotatable bonds is 3. The van der Waals surface area contributed by atoms with Gasteiger partial charge in [0.2, 0.25) is 11.8 Å². The van der Waals surface area contributed by atoms with Crippen LogP contribution in [0.2, 0.25) is 0 Å². The molecule has 6 nitrogen and oxygen atoms in total. The van der Waals surface area contributed by atoms with Crippen LogP contribution in [0.5, 0.6) is 0 Å². The maximum absolute atomic E-state index is 13.4. The molecular formula is C17H20F2N2O4. The summed E-state index contributed by atoms with van der Waals surface area (Å²) >= 11 is 0. The van der Waals surface area contributed by atoms with E-state index in [1.807, 2.05) is 0 Å². The smallest absolute Gasteiger partial charge is 0.242 e. The zero-order chi connectivity index (χ0) is 18.0. The van der Waals surface area contributed by atoms with E-state index in [0.717, 1.165) is 17.0 Å². The number of carbonyl (C=O) groups is 2. The lowest BCUT2D eigenvalue weighted by Gasteiger charge is -2.38. The Bertz CT molecular complexity index is 667.